The van der Waals surface area contributed by atoms with E-state index >= 15 is 0 Å². The molecule has 0 radical (unpaired) electrons. The molecule has 3 heteroatoms. The second kappa shape index (κ2) is 3.52. The molecule has 1 aliphatic rings. The van der Waals surface area contributed by atoms with Crippen LogP contribution in [0.5, 0.6) is 5.75 Å². The first-order chi connectivity index (χ1) is 7.83. The number of hydrogen-bond donors (Lipinski definition) is 1. The second-order valence-corrected chi connectivity index (χ2v) is 4.45. The lowest BCUT2D eigenvalue weighted by atomic mass is 10.1. The molecule has 3 nitrogen and oxygen atoms in total. The number of hydrogen-bond acceptors (Lipinski definition) is 2. The van der Waals surface area contributed by atoms with Crippen molar-refractivity contribution < 1.29 is 4.74 Å². The van der Waals surface area contributed by atoms with E-state index in [0.29, 0.717) is 5.92 Å². The van der Waals surface area contributed by atoms with Crippen LogP contribution in [0.2, 0.25) is 0 Å². The Labute approximate surface area is 94.8 Å². The van der Waals surface area contributed by atoms with Crippen LogP contribution >= 0.6 is 0 Å². The Kier molecular flexibility index (Phi) is 2.14. The molecule has 2 N–H and O–H groups in total. The lowest BCUT2D eigenvalue weighted by molar-refractivity contribution is 0.419. The van der Waals surface area contributed by atoms with Crippen molar-refractivity contribution in [2.75, 3.05) is 13.7 Å². The molecular formula is C13H16N2O. The molecule has 16 heavy (non-hydrogen) atoms. The minimum Gasteiger partial charge on any atom is -0.496 e. The van der Waals surface area contributed by atoms with Gasteiger partial charge in [0.1, 0.15) is 5.75 Å². The van der Waals surface area contributed by atoms with Gasteiger partial charge in [-0.05, 0) is 37.1 Å². The molecule has 0 bridgehead atoms. The van der Waals surface area contributed by atoms with Gasteiger partial charge in [-0.25, -0.2) is 0 Å². The van der Waals surface area contributed by atoms with Gasteiger partial charge in [0.15, 0.2) is 0 Å². The van der Waals surface area contributed by atoms with Crippen LogP contribution in [0.4, 0.5) is 0 Å². The third kappa shape index (κ3) is 1.25. The Morgan fingerprint density at radius 1 is 1.50 bits per heavy atom. The summed E-state index contributed by atoms with van der Waals surface area (Å²) in [7, 11) is 1.72. The van der Waals surface area contributed by atoms with Crippen LogP contribution in [-0.2, 0) is 13.0 Å². The molecule has 3 rings (SSSR count). The van der Waals surface area contributed by atoms with E-state index in [1.165, 1.54) is 16.6 Å². The van der Waals surface area contributed by atoms with Gasteiger partial charge in [-0.1, -0.05) is 6.07 Å². The topological polar surface area (TPSA) is 40.2 Å². The average molecular weight is 216 g/mol. The van der Waals surface area contributed by atoms with Gasteiger partial charge >= 0.3 is 0 Å². The lowest BCUT2D eigenvalue weighted by Gasteiger charge is -2.07. The number of nitrogens with two attached hydrogens (primary N) is 1. The fourth-order valence-electron chi connectivity index (χ4n) is 2.65. The number of methoxy groups -OCH3 is 1. The molecule has 84 valence electrons. The zero-order valence-corrected chi connectivity index (χ0v) is 9.44. The largest absolute Gasteiger partial charge is 0.496 e. The van der Waals surface area contributed by atoms with Crippen molar-refractivity contribution in [3.8, 4) is 5.75 Å². The molecule has 1 aromatic heterocycles. The minimum atomic E-state index is 0.602. The molecule has 0 amide bonds. The predicted octanol–water partition coefficient (Wildman–Crippen LogP) is 1.78. The van der Waals surface area contributed by atoms with Crippen molar-refractivity contribution in [2.45, 2.75) is 13.0 Å². The predicted molar refractivity (Wildman–Crippen MR) is 64.7 cm³/mol. The molecule has 0 saturated heterocycles. The maximum absolute atomic E-state index is 5.73. The molecule has 2 aromatic rings. The zero-order chi connectivity index (χ0) is 11.1. The number of fused-ring (bicyclic) bond motifs is 3. The maximum Gasteiger partial charge on any atom is 0.128 e. The molecule has 0 fully saturated rings. The molecule has 0 aliphatic carbocycles. The summed E-state index contributed by atoms with van der Waals surface area (Å²) in [5, 5.41) is 1.22. The number of aromatic nitrogens is 1. The Bertz CT molecular complexity index is 530. The quantitative estimate of drug-likeness (QED) is 0.831. The molecular weight excluding hydrogens is 200 g/mol. The highest BCUT2D eigenvalue weighted by Gasteiger charge is 2.23. The van der Waals surface area contributed by atoms with Crippen molar-refractivity contribution in [3.63, 3.8) is 0 Å². The van der Waals surface area contributed by atoms with Gasteiger partial charge in [-0.3, -0.25) is 0 Å². The number of rotatable bonds is 2. The van der Waals surface area contributed by atoms with Gasteiger partial charge < -0.3 is 15.0 Å². The Morgan fingerprint density at radius 3 is 3.12 bits per heavy atom. The van der Waals surface area contributed by atoms with E-state index in [2.05, 4.69) is 16.7 Å². The highest BCUT2D eigenvalue weighted by atomic mass is 16.5. The van der Waals surface area contributed by atoms with E-state index in [-0.39, 0.29) is 0 Å². The van der Waals surface area contributed by atoms with Gasteiger partial charge in [0.05, 0.1) is 12.6 Å². The zero-order valence-electron chi connectivity index (χ0n) is 9.44. The van der Waals surface area contributed by atoms with Crippen molar-refractivity contribution in [1.29, 1.82) is 0 Å². The number of ether oxygens (including phenoxy) is 1. The van der Waals surface area contributed by atoms with E-state index in [1.54, 1.807) is 7.11 Å². The van der Waals surface area contributed by atoms with Gasteiger partial charge in [-0.15, -0.1) is 0 Å². The smallest absolute Gasteiger partial charge is 0.128 e. The molecule has 1 aliphatic heterocycles. The molecule has 1 unspecified atom stereocenters. The standard InChI is InChI=1S/C13H16N2O/c1-16-13-4-2-3-12-11(13)6-10-5-9(7-14)8-15(10)12/h2-4,6,9H,5,7-8,14H2,1H3. The van der Waals surface area contributed by atoms with E-state index in [4.69, 9.17) is 10.5 Å². The highest BCUT2D eigenvalue weighted by molar-refractivity contribution is 5.87. The summed E-state index contributed by atoms with van der Waals surface area (Å²) in [5.74, 6) is 1.56. The molecule has 0 spiro atoms. The molecule has 2 heterocycles. The van der Waals surface area contributed by atoms with Crippen molar-refractivity contribution in [2.24, 2.45) is 11.7 Å². The third-order valence-electron chi connectivity index (χ3n) is 3.48. The Balaban J connectivity index is 2.16. The summed E-state index contributed by atoms with van der Waals surface area (Å²) < 4.78 is 7.75. The Hall–Kier alpha value is -1.48. The summed E-state index contributed by atoms with van der Waals surface area (Å²) in [5.41, 5.74) is 8.39. The van der Waals surface area contributed by atoms with E-state index in [1.807, 2.05) is 12.1 Å². The van der Waals surface area contributed by atoms with Gasteiger partial charge in [0.2, 0.25) is 0 Å². The molecule has 1 atom stereocenters. The first-order valence-corrected chi connectivity index (χ1v) is 5.68. The molecule has 1 aromatic carbocycles. The fourth-order valence-corrected chi connectivity index (χ4v) is 2.65. The van der Waals surface area contributed by atoms with Gasteiger partial charge in [-0.2, -0.15) is 0 Å². The summed E-state index contributed by atoms with van der Waals surface area (Å²) in [4.78, 5) is 0. The van der Waals surface area contributed by atoms with Gasteiger partial charge in [0.25, 0.3) is 0 Å². The maximum atomic E-state index is 5.73. The first-order valence-electron chi connectivity index (χ1n) is 5.68. The SMILES string of the molecule is COc1cccc2c1cc1n2CC(CN)C1. The minimum absolute atomic E-state index is 0.602. The highest BCUT2D eigenvalue weighted by Crippen LogP contribution is 2.33. The van der Waals surface area contributed by atoms with Crippen LogP contribution in [0.3, 0.4) is 0 Å². The van der Waals surface area contributed by atoms with E-state index in [9.17, 15) is 0 Å². The van der Waals surface area contributed by atoms with Crippen molar-refractivity contribution in [3.05, 3.63) is 30.0 Å². The van der Waals surface area contributed by atoms with E-state index in [0.717, 1.165) is 25.3 Å². The van der Waals surface area contributed by atoms with Crippen molar-refractivity contribution >= 4 is 10.9 Å². The van der Waals surface area contributed by atoms with Crippen LogP contribution in [0.25, 0.3) is 10.9 Å². The summed E-state index contributed by atoms with van der Waals surface area (Å²) in [6.07, 6.45) is 1.09. The first kappa shape index (κ1) is 9.73. The summed E-state index contributed by atoms with van der Waals surface area (Å²) in [6, 6.07) is 8.45. The molecule has 0 saturated carbocycles. The van der Waals surface area contributed by atoms with Crippen molar-refractivity contribution in [1.82, 2.24) is 4.57 Å². The fraction of sp³-hybridized carbons (Fsp3) is 0.385. The van der Waals surface area contributed by atoms with Crippen LogP contribution in [-0.4, -0.2) is 18.2 Å². The van der Waals surface area contributed by atoms with E-state index < -0.39 is 0 Å². The monoisotopic (exact) mass is 216 g/mol. The second-order valence-electron chi connectivity index (χ2n) is 4.45. The van der Waals surface area contributed by atoms with Crippen LogP contribution in [0, 0.1) is 5.92 Å². The number of benzene rings is 1. The summed E-state index contributed by atoms with van der Waals surface area (Å²) >= 11 is 0. The normalized spacial score (nSPS) is 19.0. The van der Waals surface area contributed by atoms with Crippen LogP contribution in [0.1, 0.15) is 5.69 Å². The summed E-state index contributed by atoms with van der Waals surface area (Å²) in [6.45, 7) is 1.82. The lowest BCUT2D eigenvalue weighted by Crippen LogP contribution is -2.15. The third-order valence-corrected chi connectivity index (χ3v) is 3.48. The van der Waals surface area contributed by atoms with Gasteiger partial charge in [0, 0.05) is 17.6 Å². The van der Waals surface area contributed by atoms with Crippen LogP contribution < -0.4 is 10.5 Å². The van der Waals surface area contributed by atoms with Crippen LogP contribution in [0.15, 0.2) is 24.3 Å². The Morgan fingerprint density at radius 2 is 2.38 bits per heavy atom. The number of nitrogens with zero attached hydrogens (tertiary/aromatic N) is 1. The average Bonchev–Trinajstić information content (AvgIpc) is 2.85.